The summed E-state index contributed by atoms with van der Waals surface area (Å²) >= 11 is 0. The molecular formula is C14H23NO. The van der Waals surface area contributed by atoms with E-state index in [4.69, 9.17) is 0 Å². The highest BCUT2D eigenvalue weighted by Crippen LogP contribution is 2.22. The van der Waals surface area contributed by atoms with Crippen LogP contribution in [-0.4, -0.2) is 23.6 Å². The Labute approximate surface area is 98.9 Å². The minimum absolute atomic E-state index is 0.334. The molecule has 90 valence electrons. The van der Waals surface area contributed by atoms with Gasteiger partial charge in [0.15, 0.2) is 0 Å². The largest absolute Gasteiger partial charge is 0.508 e. The van der Waals surface area contributed by atoms with E-state index in [-0.39, 0.29) is 0 Å². The minimum atomic E-state index is 0.334. The van der Waals surface area contributed by atoms with Crippen LogP contribution >= 0.6 is 0 Å². The molecule has 2 atom stereocenters. The third kappa shape index (κ3) is 3.53. The molecule has 0 saturated carbocycles. The SMILES string of the molecule is CCC(C)CN(C)C(C)c1ccc(O)cc1. The molecule has 2 nitrogen and oxygen atoms in total. The Hall–Kier alpha value is -1.02. The van der Waals surface area contributed by atoms with Crippen molar-refractivity contribution in [2.24, 2.45) is 5.92 Å². The summed E-state index contributed by atoms with van der Waals surface area (Å²) < 4.78 is 0. The molecular weight excluding hydrogens is 198 g/mol. The van der Waals surface area contributed by atoms with Crippen LogP contribution in [0.25, 0.3) is 0 Å². The van der Waals surface area contributed by atoms with Crippen molar-refractivity contribution in [3.63, 3.8) is 0 Å². The second kappa shape index (κ2) is 5.90. The van der Waals surface area contributed by atoms with Crippen molar-refractivity contribution in [3.8, 4) is 5.75 Å². The maximum atomic E-state index is 9.25. The Morgan fingerprint density at radius 3 is 2.25 bits per heavy atom. The zero-order valence-corrected chi connectivity index (χ0v) is 10.8. The van der Waals surface area contributed by atoms with Gasteiger partial charge in [-0.05, 0) is 37.6 Å². The lowest BCUT2D eigenvalue weighted by Crippen LogP contribution is -2.27. The van der Waals surface area contributed by atoms with E-state index >= 15 is 0 Å². The first-order valence-corrected chi connectivity index (χ1v) is 6.03. The summed E-state index contributed by atoms with van der Waals surface area (Å²) in [7, 11) is 2.16. The van der Waals surface area contributed by atoms with Gasteiger partial charge in [-0.15, -0.1) is 0 Å². The van der Waals surface area contributed by atoms with Crippen molar-refractivity contribution in [1.29, 1.82) is 0 Å². The fourth-order valence-electron chi connectivity index (χ4n) is 1.79. The zero-order valence-electron chi connectivity index (χ0n) is 10.8. The number of phenols is 1. The van der Waals surface area contributed by atoms with Gasteiger partial charge in [0.05, 0.1) is 0 Å². The lowest BCUT2D eigenvalue weighted by atomic mass is 10.0. The molecule has 2 unspecified atom stereocenters. The van der Waals surface area contributed by atoms with E-state index in [1.165, 1.54) is 12.0 Å². The molecule has 0 radical (unpaired) electrons. The highest BCUT2D eigenvalue weighted by Gasteiger charge is 2.13. The second-order valence-corrected chi connectivity index (χ2v) is 4.72. The summed E-state index contributed by atoms with van der Waals surface area (Å²) in [5, 5.41) is 9.25. The van der Waals surface area contributed by atoms with E-state index in [1.54, 1.807) is 12.1 Å². The third-order valence-electron chi connectivity index (χ3n) is 3.33. The van der Waals surface area contributed by atoms with E-state index in [2.05, 4.69) is 32.7 Å². The van der Waals surface area contributed by atoms with Crippen LogP contribution in [0.1, 0.15) is 38.8 Å². The fourth-order valence-corrected chi connectivity index (χ4v) is 1.79. The topological polar surface area (TPSA) is 23.5 Å². The molecule has 1 aromatic carbocycles. The number of benzene rings is 1. The highest BCUT2D eigenvalue weighted by atomic mass is 16.3. The molecule has 0 fully saturated rings. The molecule has 0 amide bonds. The van der Waals surface area contributed by atoms with Gasteiger partial charge in [0.1, 0.15) is 5.75 Å². The average molecular weight is 221 g/mol. The standard InChI is InChI=1S/C14H23NO/c1-5-11(2)10-15(4)12(3)13-6-8-14(16)9-7-13/h6-9,11-12,16H,5,10H2,1-4H3. The van der Waals surface area contributed by atoms with Gasteiger partial charge in [0.25, 0.3) is 0 Å². The monoisotopic (exact) mass is 221 g/mol. The predicted molar refractivity (Wildman–Crippen MR) is 68.6 cm³/mol. The highest BCUT2D eigenvalue weighted by molar-refractivity contribution is 5.27. The van der Waals surface area contributed by atoms with Gasteiger partial charge in [-0.25, -0.2) is 0 Å². The van der Waals surface area contributed by atoms with Crippen LogP contribution in [0, 0.1) is 5.92 Å². The van der Waals surface area contributed by atoms with Crippen LogP contribution in [0.5, 0.6) is 5.75 Å². The molecule has 0 bridgehead atoms. The van der Waals surface area contributed by atoms with Crippen LogP contribution in [-0.2, 0) is 0 Å². The number of phenolic OH excluding ortho intramolecular Hbond substituents is 1. The lowest BCUT2D eigenvalue weighted by Gasteiger charge is -2.27. The Balaban J connectivity index is 2.62. The quantitative estimate of drug-likeness (QED) is 0.823. The molecule has 0 aliphatic rings. The Morgan fingerprint density at radius 2 is 1.75 bits per heavy atom. The number of hydrogen-bond donors (Lipinski definition) is 1. The fraction of sp³-hybridized carbons (Fsp3) is 0.571. The van der Waals surface area contributed by atoms with Crippen molar-refractivity contribution >= 4 is 0 Å². The number of hydrogen-bond acceptors (Lipinski definition) is 2. The van der Waals surface area contributed by atoms with Crippen molar-refractivity contribution in [2.45, 2.75) is 33.2 Å². The summed E-state index contributed by atoms with van der Waals surface area (Å²) in [6.45, 7) is 7.82. The molecule has 0 saturated heterocycles. The van der Waals surface area contributed by atoms with Crippen LogP contribution in [0.2, 0.25) is 0 Å². The van der Waals surface area contributed by atoms with E-state index in [9.17, 15) is 5.11 Å². The molecule has 0 aliphatic carbocycles. The first-order chi connectivity index (χ1) is 7.54. The lowest BCUT2D eigenvalue weighted by molar-refractivity contribution is 0.224. The van der Waals surface area contributed by atoms with Gasteiger partial charge >= 0.3 is 0 Å². The molecule has 1 rings (SSSR count). The Kier molecular flexibility index (Phi) is 4.81. The molecule has 2 heteroatoms. The van der Waals surface area contributed by atoms with Gasteiger partial charge < -0.3 is 5.11 Å². The van der Waals surface area contributed by atoms with Crippen molar-refractivity contribution < 1.29 is 5.11 Å². The Morgan fingerprint density at radius 1 is 1.19 bits per heavy atom. The van der Waals surface area contributed by atoms with Crippen molar-refractivity contribution in [3.05, 3.63) is 29.8 Å². The first kappa shape index (κ1) is 13.0. The van der Waals surface area contributed by atoms with Gasteiger partial charge in [0, 0.05) is 12.6 Å². The third-order valence-corrected chi connectivity index (χ3v) is 3.33. The summed E-state index contributed by atoms with van der Waals surface area (Å²) in [4.78, 5) is 2.36. The number of nitrogens with zero attached hydrogens (tertiary/aromatic N) is 1. The number of aromatic hydroxyl groups is 1. The van der Waals surface area contributed by atoms with Crippen molar-refractivity contribution in [2.75, 3.05) is 13.6 Å². The molecule has 0 aromatic heterocycles. The molecule has 0 aliphatic heterocycles. The van der Waals surface area contributed by atoms with Crippen LogP contribution in [0.15, 0.2) is 24.3 Å². The molecule has 0 heterocycles. The Bertz CT molecular complexity index is 307. The molecule has 16 heavy (non-hydrogen) atoms. The number of rotatable bonds is 5. The molecule has 0 spiro atoms. The smallest absolute Gasteiger partial charge is 0.115 e. The van der Waals surface area contributed by atoms with E-state index in [0.717, 1.165) is 12.5 Å². The normalized spacial score (nSPS) is 15.1. The van der Waals surface area contributed by atoms with Crippen LogP contribution < -0.4 is 0 Å². The maximum Gasteiger partial charge on any atom is 0.115 e. The van der Waals surface area contributed by atoms with Gasteiger partial charge in [-0.2, -0.15) is 0 Å². The van der Waals surface area contributed by atoms with E-state index < -0.39 is 0 Å². The summed E-state index contributed by atoms with van der Waals surface area (Å²) in [6, 6.07) is 7.89. The van der Waals surface area contributed by atoms with Gasteiger partial charge in [-0.1, -0.05) is 32.4 Å². The molecule has 1 N–H and O–H groups in total. The predicted octanol–water partition coefficient (Wildman–Crippen LogP) is 3.43. The maximum absolute atomic E-state index is 9.25. The van der Waals surface area contributed by atoms with Crippen molar-refractivity contribution in [1.82, 2.24) is 4.90 Å². The summed E-state index contributed by atoms with van der Waals surface area (Å²) in [6.07, 6.45) is 1.21. The summed E-state index contributed by atoms with van der Waals surface area (Å²) in [5.74, 6) is 1.06. The second-order valence-electron chi connectivity index (χ2n) is 4.72. The average Bonchev–Trinajstić information content (AvgIpc) is 2.28. The van der Waals surface area contributed by atoms with E-state index in [1.807, 2.05) is 12.1 Å². The van der Waals surface area contributed by atoms with Gasteiger partial charge in [0.2, 0.25) is 0 Å². The molecule has 1 aromatic rings. The minimum Gasteiger partial charge on any atom is -0.508 e. The van der Waals surface area contributed by atoms with E-state index in [0.29, 0.717) is 11.8 Å². The van der Waals surface area contributed by atoms with Crippen LogP contribution in [0.4, 0.5) is 0 Å². The summed E-state index contributed by atoms with van der Waals surface area (Å²) in [5.41, 5.74) is 1.25. The van der Waals surface area contributed by atoms with Crippen LogP contribution in [0.3, 0.4) is 0 Å². The zero-order chi connectivity index (χ0) is 12.1. The van der Waals surface area contributed by atoms with Gasteiger partial charge in [-0.3, -0.25) is 4.90 Å². The first-order valence-electron chi connectivity index (χ1n) is 6.03.